The molecule has 0 spiro atoms. The van der Waals surface area contributed by atoms with Crippen molar-refractivity contribution in [2.45, 2.75) is 0 Å². The van der Waals surface area contributed by atoms with Crippen LogP contribution in [0, 0.1) is 0 Å². The normalized spacial score (nSPS) is 11.3. The summed E-state index contributed by atoms with van der Waals surface area (Å²) in [4.78, 5) is 2.37. The van der Waals surface area contributed by atoms with Crippen molar-refractivity contribution >= 4 is 65.3 Å². The Morgan fingerprint density at radius 2 is 0.938 bits per heavy atom. The van der Waals surface area contributed by atoms with Crippen molar-refractivity contribution in [1.82, 2.24) is 0 Å². The molecule has 0 atom stereocenters. The van der Waals surface area contributed by atoms with Gasteiger partial charge in [0.05, 0.1) is 5.69 Å². The number of benzene rings is 6. The van der Waals surface area contributed by atoms with Gasteiger partial charge in [0, 0.05) is 21.2 Å². The lowest BCUT2D eigenvalue weighted by Crippen LogP contribution is -2.10. The van der Waals surface area contributed by atoms with Gasteiger partial charge < -0.3 is 4.90 Å². The van der Waals surface area contributed by atoms with Gasteiger partial charge in [0.15, 0.2) is 0 Å². The number of rotatable bonds is 3. The van der Waals surface area contributed by atoms with Crippen molar-refractivity contribution in [3.63, 3.8) is 0 Å². The fourth-order valence-corrected chi connectivity index (χ4v) is 4.98. The van der Waals surface area contributed by atoms with Crippen LogP contribution in [0.25, 0.3) is 32.3 Å². The lowest BCUT2D eigenvalue weighted by molar-refractivity contribution is 1.31. The zero-order valence-corrected chi connectivity index (χ0v) is 19.0. The molecule has 6 aromatic carbocycles. The van der Waals surface area contributed by atoms with Crippen molar-refractivity contribution in [2.24, 2.45) is 0 Å². The van der Waals surface area contributed by atoms with Crippen molar-refractivity contribution in [1.29, 1.82) is 0 Å². The first-order valence-electron chi connectivity index (χ1n) is 10.7. The first kappa shape index (κ1) is 19.1. The fraction of sp³-hybridized carbons (Fsp3) is 0. The number of hydrogen-bond acceptors (Lipinski definition) is 1. The van der Waals surface area contributed by atoms with Crippen LogP contribution in [0.4, 0.5) is 17.1 Å². The average Bonchev–Trinajstić information content (AvgIpc) is 2.85. The molecule has 0 unspecified atom stereocenters. The Kier molecular flexibility index (Phi) is 4.66. The molecule has 0 saturated heterocycles. The molecular formula is C30H20BrN. The number of hydrogen-bond donors (Lipinski definition) is 0. The molecule has 2 heteroatoms. The predicted molar refractivity (Wildman–Crippen MR) is 141 cm³/mol. The molecule has 0 radical (unpaired) electrons. The highest BCUT2D eigenvalue weighted by atomic mass is 79.9. The van der Waals surface area contributed by atoms with Crippen LogP contribution in [0.15, 0.2) is 126 Å². The smallest absolute Gasteiger partial charge is 0.0540 e. The summed E-state index contributed by atoms with van der Waals surface area (Å²) in [5.41, 5.74) is 3.45. The third-order valence-corrected chi connectivity index (χ3v) is 6.76. The minimum atomic E-state index is 1.11. The Morgan fingerprint density at radius 3 is 1.53 bits per heavy atom. The van der Waals surface area contributed by atoms with E-state index in [0.29, 0.717) is 0 Å². The number of nitrogens with zero attached hydrogens (tertiary/aromatic N) is 1. The Hall–Kier alpha value is -3.62. The van der Waals surface area contributed by atoms with Crippen molar-refractivity contribution < 1.29 is 0 Å². The third-order valence-electron chi connectivity index (χ3n) is 6.07. The molecule has 0 amide bonds. The van der Waals surface area contributed by atoms with E-state index in [0.717, 1.165) is 21.5 Å². The molecule has 0 heterocycles. The lowest BCUT2D eigenvalue weighted by Gasteiger charge is -2.27. The largest absolute Gasteiger partial charge is 0.310 e. The van der Waals surface area contributed by atoms with Crippen LogP contribution < -0.4 is 4.90 Å². The predicted octanol–water partition coefficient (Wildman–Crippen LogP) is 9.38. The van der Waals surface area contributed by atoms with Gasteiger partial charge in [-0.25, -0.2) is 0 Å². The topological polar surface area (TPSA) is 3.24 Å². The maximum atomic E-state index is 3.74. The summed E-state index contributed by atoms with van der Waals surface area (Å²) >= 11 is 3.74. The summed E-state index contributed by atoms with van der Waals surface area (Å²) in [6.45, 7) is 0. The molecule has 6 rings (SSSR count). The van der Waals surface area contributed by atoms with E-state index in [9.17, 15) is 0 Å². The molecule has 0 N–H and O–H groups in total. The van der Waals surface area contributed by atoms with E-state index in [2.05, 4.69) is 142 Å². The maximum Gasteiger partial charge on any atom is 0.0540 e. The van der Waals surface area contributed by atoms with Gasteiger partial charge in [-0.15, -0.1) is 0 Å². The van der Waals surface area contributed by atoms with E-state index < -0.39 is 0 Å². The number of anilines is 3. The Labute approximate surface area is 195 Å². The van der Waals surface area contributed by atoms with Gasteiger partial charge in [-0.1, -0.05) is 101 Å². The van der Waals surface area contributed by atoms with Crippen molar-refractivity contribution in [2.75, 3.05) is 4.90 Å². The van der Waals surface area contributed by atoms with E-state index in [1.807, 2.05) is 0 Å². The quantitative estimate of drug-likeness (QED) is 0.247. The van der Waals surface area contributed by atoms with Gasteiger partial charge >= 0.3 is 0 Å². The molecule has 1 nitrogen and oxygen atoms in total. The monoisotopic (exact) mass is 473 g/mol. The van der Waals surface area contributed by atoms with Gasteiger partial charge in [-0.3, -0.25) is 0 Å². The fourth-order valence-electron chi connectivity index (χ4n) is 4.50. The number of halogens is 1. The molecule has 6 aromatic rings. The summed E-state index contributed by atoms with van der Waals surface area (Å²) < 4.78 is 1.11. The Balaban J connectivity index is 1.65. The molecule has 0 saturated carbocycles. The molecule has 0 aliphatic heterocycles. The summed E-state index contributed by atoms with van der Waals surface area (Å²) in [6, 6.07) is 43.4. The summed E-state index contributed by atoms with van der Waals surface area (Å²) in [6.07, 6.45) is 0. The molecule has 0 fully saturated rings. The zero-order chi connectivity index (χ0) is 21.5. The van der Waals surface area contributed by atoms with Crippen LogP contribution in [0.2, 0.25) is 0 Å². The van der Waals surface area contributed by atoms with Crippen LogP contribution in [-0.2, 0) is 0 Å². The first-order chi connectivity index (χ1) is 15.8. The van der Waals surface area contributed by atoms with Crippen LogP contribution in [-0.4, -0.2) is 0 Å². The van der Waals surface area contributed by atoms with Gasteiger partial charge in [0.1, 0.15) is 0 Å². The van der Waals surface area contributed by atoms with Crippen LogP contribution in [0.3, 0.4) is 0 Å². The lowest BCUT2D eigenvalue weighted by atomic mass is 10.0. The second-order valence-corrected chi connectivity index (χ2v) is 8.86. The Morgan fingerprint density at radius 1 is 0.438 bits per heavy atom. The number of fused-ring (bicyclic) bond motifs is 3. The summed E-state index contributed by atoms with van der Waals surface area (Å²) in [7, 11) is 0. The summed E-state index contributed by atoms with van der Waals surface area (Å²) in [5.74, 6) is 0. The van der Waals surface area contributed by atoms with Crippen molar-refractivity contribution in [3.8, 4) is 0 Å². The molecule has 0 aliphatic rings. The van der Waals surface area contributed by atoms with Gasteiger partial charge in [-0.2, -0.15) is 0 Å². The maximum absolute atomic E-state index is 3.74. The van der Waals surface area contributed by atoms with Gasteiger partial charge in [-0.05, 0) is 63.3 Å². The van der Waals surface area contributed by atoms with E-state index in [-0.39, 0.29) is 0 Å². The van der Waals surface area contributed by atoms with Crippen LogP contribution >= 0.6 is 15.9 Å². The first-order valence-corrected chi connectivity index (χ1v) is 11.5. The molecule has 0 aromatic heterocycles. The van der Waals surface area contributed by atoms with Crippen LogP contribution in [0.5, 0.6) is 0 Å². The van der Waals surface area contributed by atoms with Gasteiger partial charge in [0.25, 0.3) is 0 Å². The average molecular weight is 474 g/mol. The summed E-state index contributed by atoms with van der Waals surface area (Å²) in [5, 5.41) is 7.37. The van der Waals surface area contributed by atoms with E-state index in [1.165, 1.54) is 32.3 Å². The van der Waals surface area contributed by atoms with E-state index in [4.69, 9.17) is 0 Å². The molecule has 152 valence electrons. The standard InChI is InChI=1S/C30H20BrN/c31-29-17-18-30(28-12-6-5-11-27(28)29)32(25-15-13-21-7-1-3-9-23(21)19-25)26-16-14-22-8-2-4-10-24(22)20-26/h1-20H. The highest BCUT2D eigenvalue weighted by molar-refractivity contribution is 9.10. The molecule has 0 bridgehead atoms. The highest BCUT2D eigenvalue weighted by Crippen LogP contribution is 2.42. The van der Waals surface area contributed by atoms with Crippen molar-refractivity contribution in [3.05, 3.63) is 126 Å². The Bertz CT molecular complexity index is 1520. The molecule has 32 heavy (non-hydrogen) atoms. The molecular weight excluding hydrogens is 454 g/mol. The minimum absolute atomic E-state index is 1.11. The third kappa shape index (κ3) is 3.24. The zero-order valence-electron chi connectivity index (χ0n) is 17.4. The minimum Gasteiger partial charge on any atom is -0.310 e. The second-order valence-electron chi connectivity index (χ2n) is 8.01. The van der Waals surface area contributed by atoms with E-state index in [1.54, 1.807) is 0 Å². The SMILES string of the molecule is Brc1ccc(N(c2ccc3ccccc3c2)c2ccc3ccccc3c2)c2ccccc12. The second kappa shape index (κ2) is 7.81. The van der Waals surface area contributed by atoms with Gasteiger partial charge in [0.2, 0.25) is 0 Å². The van der Waals surface area contributed by atoms with Crippen LogP contribution in [0.1, 0.15) is 0 Å². The molecule has 0 aliphatic carbocycles. The van der Waals surface area contributed by atoms with E-state index >= 15 is 0 Å². The highest BCUT2D eigenvalue weighted by Gasteiger charge is 2.17.